The van der Waals surface area contributed by atoms with Gasteiger partial charge in [0.25, 0.3) is 0 Å². The molecule has 1 unspecified atom stereocenters. The second kappa shape index (κ2) is 10.1. The van der Waals surface area contributed by atoms with Crippen LogP contribution in [-0.2, 0) is 16.2 Å². The molecule has 0 bridgehead atoms. The van der Waals surface area contributed by atoms with Gasteiger partial charge in [-0.2, -0.15) is 13.2 Å². The molecule has 1 aromatic heterocycles. The maximum Gasteiger partial charge on any atom is 0.416 e. The van der Waals surface area contributed by atoms with E-state index >= 15 is 0 Å². The van der Waals surface area contributed by atoms with E-state index in [4.69, 9.17) is 0 Å². The van der Waals surface area contributed by atoms with Gasteiger partial charge in [0.05, 0.1) is 18.2 Å². The summed E-state index contributed by atoms with van der Waals surface area (Å²) in [6, 6.07) is 7.81. The van der Waals surface area contributed by atoms with Crippen LogP contribution in [0.1, 0.15) is 31.0 Å². The van der Waals surface area contributed by atoms with Crippen molar-refractivity contribution < 1.29 is 21.6 Å². The third-order valence-corrected chi connectivity index (χ3v) is 6.70. The van der Waals surface area contributed by atoms with E-state index < -0.39 is 27.8 Å². The number of nitrogens with one attached hydrogen (secondary N) is 3. The first-order chi connectivity index (χ1) is 13.6. The summed E-state index contributed by atoms with van der Waals surface area (Å²) in [5, 5.41) is 7.70. The summed E-state index contributed by atoms with van der Waals surface area (Å²) in [6.07, 6.45) is -4.41. The summed E-state index contributed by atoms with van der Waals surface area (Å²) >= 11 is 1.12. The summed E-state index contributed by atoms with van der Waals surface area (Å²) < 4.78 is 65.5. The quantitative estimate of drug-likeness (QED) is 0.329. The molecule has 160 valence electrons. The van der Waals surface area contributed by atoms with Gasteiger partial charge in [-0.1, -0.05) is 18.2 Å². The van der Waals surface area contributed by atoms with E-state index in [0.717, 1.165) is 23.5 Å². The number of halogens is 3. The average molecular weight is 449 g/mol. The van der Waals surface area contributed by atoms with Crippen LogP contribution in [0, 0.1) is 0 Å². The van der Waals surface area contributed by atoms with Crippen LogP contribution in [0.15, 0.2) is 51.0 Å². The van der Waals surface area contributed by atoms with Crippen LogP contribution in [0.5, 0.6) is 0 Å². The van der Waals surface area contributed by atoms with E-state index in [1.807, 2.05) is 6.92 Å². The Labute approximate surface area is 172 Å². The van der Waals surface area contributed by atoms with Crippen molar-refractivity contribution in [2.45, 2.75) is 30.3 Å². The molecule has 1 heterocycles. The maximum atomic E-state index is 12.9. The second-order valence-corrected chi connectivity index (χ2v) is 9.02. The van der Waals surface area contributed by atoms with Gasteiger partial charge in [0.15, 0.2) is 5.96 Å². The predicted octanol–water partition coefficient (Wildman–Crippen LogP) is 3.36. The Morgan fingerprint density at radius 3 is 2.62 bits per heavy atom. The lowest BCUT2D eigenvalue weighted by atomic mass is 10.1. The van der Waals surface area contributed by atoms with Crippen LogP contribution in [0.25, 0.3) is 0 Å². The van der Waals surface area contributed by atoms with E-state index in [2.05, 4.69) is 20.3 Å². The Hall–Kier alpha value is -2.11. The topological polar surface area (TPSA) is 82.6 Å². The lowest BCUT2D eigenvalue weighted by molar-refractivity contribution is -0.137. The van der Waals surface area contributed by atoms with Crippen molar-refractivity contribution in [3.05, 3.63) is 52.9 Å². The van der Waals surface area contributed by atoms with Gasteiger partial charge in [0.1, 0.15) is 4.21 Å². The highest BCUT2D eigenvalue weighted by Crippen LogP contribution is 2.30. The highest BCUT2D eigenvalue weighted by Gasteiger charge is 2.30. The third-order valence-electron chi connectivity index (χ3n) is 3.85. The lowest BCUT2D eigenvalue weighted by Crippen LogP contribution is -2.39. The van der Waals surface area contributed by atoms with Gasteiger partial charge in [-0.05, 0) is 43.0 Å². The number of nitrogens with zero attached hydrogens (tertiary/aromatic N) is 1. The molecule has 0 fully saturated rings. The molecule has 0 radical (unpaired) electrons. The monoisotopic (exact) mass is 448 g/mol. The minimum atomic E-state index is -4.41. The van der Waals surface area contributed by atoms with E-state index in [9.17, 15) is 21.6 Å². The Kier molecular flexibility index (Phi) is 8.05. The van der Waals surface area contributed by atoms with Gasteiger partial charge in [-0.3, -0.25) is 4.99 Å². The summed E-state index contributed by atoms with van der Waals surface area (Å²) in [6.45, 7) is 4.37. The van der Waals surface area contributed by atoms with Gasteiger partial charge >= 0.3 is 6.18 Å². The van der Waals surface area contributed by atoms with Crippen LogP contribution in [0.4, 0.5) is 13.2 Å². The molecule has 11 heteroatoms. The highest BCUT2D eigenvalue weighted by atomic mass is 32.2. The van der Waals surface area contributed by atoms with Crippen LogP contribution in [0.2, 0.25) is 0 Å². The van der Waals surface area contributed by atoms with Crippen molar-refractivity contribution in [1.82, 2.24) is 15.4 Å². The predicted molar refractivity (Wildman–Crippen MR) is 108 cm³/mol. The van der Waals surface area contributed by atoms with Crippen LogP contribution < -0.4 is 15.4 Å². The first kappa shape index (κ1) is 23.2. The van der Waals surface area contributed by atoms with Gasteiger partial charge in [0.2, 0.25) is 10.0 Å². The fourth-order valence-electron chi connectivity index (χ4n) is 2.43. The number of hydrogen-bond acceptors (Lipinski definition) is 4. The zero-order valence-electron chi connectivity index (χ0n) is 16.0. The Balaban J connectivity index is 1.98. The fourth-order valence-corrected chi connectivity index (χ4v) is 4.49. The molecule has 0 saturated heterocycles. The first-order valence-electron chi connectivity index (χ1n) is 8.88. The SMILES string of the molecule is CCNC(=NCCNS(=O)(=O)c1cccs1)NC(C)c1cccc(C(F)(F)F)c1. The van der Waals surface area contributed by atoms with Crippen molar-refractivity contribution in [1.29, 1.82) is 0 Å². The maximum absolute atomic E-state index is 12.9. The zero-order valence-corrected chi connectivity index (χ0v) is 17.6. The van der Waals surface area contributed by atoms with Crippen LogP contribution in [0.3, 0.4) is 0 Å². The summed E-state index contributed by atoms with van der Waals surface area (Å²) in [5.74, 6) is 0.382. The van der Waals surface area contributed by atoms with E-state index in [-0.39, 0.29) is 17.3 Å². The lowest BCUT2D eigenvalue weighted by Gasteiger charge is -2.19. The van der Waals surface area contributed by atoms with Crippen molar-refractivity contribution in [2.75, 3.05) is 19.6 Å². The van der Waals surface area contributed by atoms with Crippen molar-refractivity contribution in [2.24, 2.45) is 4.99 Å². The molecule has 0 aliphatic rings. The molecule has 0 spiro atoms. The molecular formula is C18H23F3N4O2S2. The summed E-state index contributed by atoms with van der Waals surface area (Å²) in [4.78, 5) is 4.28. The molecule has 0 aliphatic heterocycles. The van der Waals surface area contributed by atoms with Gasteiger partial charge in [-0.15, -0.1) is 11.3 Å². The number of sulfonamides is 1. The molecule has 0 amide bonds. The average Bonchev–Trinajstić information content (AvgIpc) is 3.20. The molecule has 2 rings (SSSR count). The first-order valence-corrected chi connectivity index (χ1v) is 11.2. The molecular weight excluding hydrogens is 425 g/mol. The largest absolute Gasteiger partial charge is 0.416 e. The molecule has 6 nitrogen and oxygen atoms in total. The van der Waals surface area contributed by atoms with Crippen molar-refractivity contribution in [3.63, 3.8) is 0 Å². The molecule has 0 aliphatic carbocycles. The summed E-state index contributed by atoms with van der Waals surface area (Å²) in [5.41, 5.74) is -0.252. The standard InChI is InChI=1S/C18H23F3N4O2S2/c1-3-22-17(23-9-10-24-29(26,27)16-8-5-11-28-16)25-13(2)14-6-4-7-15(12-14)18(19,20)21/h4-8,11-13,24H,3,9-10H2,1-2H3,(H2,22,23,25). The Bertz CT molecular complexity index is 913. The number of benzene rings is 1. The molecule has 3 N–H and O–H groups in total. The zero-order chi connectivity index (χ0) is 21.5. The highest BCUT2D eigenvalue weighted by molar-refractivity contribution is 7.91. The molecule has 29 heavy (non-hydrogen) atoms. The summed E-state index contributed by atoms with van der Waals surface area (Å²) in [7, 11) is -3.56. The van der Waals surface area contributed by atoms with Crippen molar-refractivity contribution in [3.8, 4) is 0 Å². The third kappa shape index (κ3) is 7.02. The van der Waals surface area contributed by atoms with Gasteiger partial charge in [0, 0.05) is 13.1 Å². The minimum Gasteiger partial charge on any atom is -0.357 e. The minimum absolute atomic E-state index is 0.0920. The van der Waals surface area contributed by atoms with E-state index in [1.54, 1.807) is 24.4 Å². The molecule has 0 saturated carbocycles. The fraction of sp³-hybridized carbons (Fsp3) is 0.389. The molecule has 2 aromatic rings. The van der Waals surface area contributed by atoms with Gasteiger partial charge < -0.3 is 10.6 Å². The second-order valence-electron chi connectivity index (χ2n) is 6.08. The molecule has 1 aromatic carbocycles. The number of alkyl halides is 3. The Morgan fingerprint density at radius 1 is 1.24 bits per heavy atom. The van der Waals surface area contributed by atoms with Crippen molar-refractivity contribution >= 4 is 27.3 Å². The number of hydrogen-bond donors (Lipinski definition) is 3. The smallest absolute Gasteiger partial charge is 0.357 e. The van der Waals surface area contributed by atoms with Crippen LogP contribution >= 0.6 is 11.3 Å². The van der Waals surface area contributed by atoms with Crippen LogP contribution in [-0.4, -0.2) is 34.0 Å². The normalized spacial score (nSPS) is 13.9. The Morgan fingerprint density at radius 2 is 2.00 bits per heavy atom. The molecule has 1 atom stereocenters. The number of rotatable bonds is 8. The number of guanidine groups is 1. The number of thiophene rings is 1. The number of aliphatic imine (C=N–C) groups is 1. The van der Waals surface area contributed by atoms with E-state index in [0.29, 0.717) is 18.1 Å². The van der Waals surface area contributed by atoms with Gasteiger partial charge in [-0.25, -0.2) is 13.1 Å². The van der Waals surface area contributed by atoms with E-state index in [1.165, 1.54) is 12.1 Å².